The number of aryl methyl sites for hydroxylation is 1. The van der Waals surface area contributed by atoms with E-state index in [1.165, 1.54) is 56.1 Å². The van der Waals surface area contributed by atoms with Gasteiger partial charge in [-0.05, 0) is 92.0 Å². The van der Waals surface area contributed by atoms with Crippen molar-refractivity contribution in [2.75, 3.05) is 0 Å². The van der Waals surface area contributed by atoms with Gasteiger partial charge in [-0.25, -0.2) is 4.39 Å². The van der Waals surface area contributed by atoms with Crippen molar-refractivity contribution in [1.82, 2.24) is 0 Å². The van der Waals surface area contributed by atoms with E-state index in [0.717, 1.165) is 29.7 Å². The molecule has 1 aliphatic carbocycles. The van der Waals surface area contributed by atoms with E-state index in [1.54, 1.807) is 0 Å². The number of benzene rings is 3. The van der Waals surface area contributed by atoms with Gasteiger partial charge in [-0.2, -0.15) is 0 Å². The summed E-state index contributed by atoms with van der Waals surface area (Å²) < 4.78 is 15.2. The fraction of sp³-hybridized carbons (Fsp3) is 0.394. The van der Waals surface area contributed by atoms with Crippen molar-refractivity contribution >= 4 is 10.8 Å². The van der Waals surface area contributed by atoms with Crippen LogP contribution in [0.25, 0.3) is 10.8 Å². The number of hydrogen-bond acceptors (Lipinski definition) is 0. The molecular weight excluding hydrogens is 415 g/mol. The molecule has 0 N–H and O–H groups in total. The van der Waals surface area contributed by atoms with E-state index in [0.29, 0.717) is 16.9 Å². The molecule has 1 saturated carbocycles. The standard InChI is InChI=1S/C33H37F/c1-3-5-7-9-26-10-12-27(13-11-26)16-19-29-20-21-31-24-30(22-23-32(31)33(29)34)28-17-14-25(15-18-28)8-6-4-2/h3,5,10-13,20-25,28H,4,6-9,14-15,17-18H2,1-2H3/b5-3+. The highest BCUT2D eigenvalue weighted by Gasteiger charge is 2.22. The second-order valence-electron chi connectivity index (χ2n) is 9.82. The molecule has 3 aromatic carbocycles. The molecule has 1 heteroatoms. The molecule has 0 heterocycles. The molecular formula is C33H37F. The second kappa shape index (κ2) is 12.0. The minimum Gasteiger partial charge on any atom is -0.205 e. The molecule has 0 amide bonds. The van der Waals surface area contributed by atoms with Gasteiger partial charge in [0.1, 0.15) is 5.82 Å². The molecule has 176 valence electrons. The van der Waals surface area contributed by atoms with Gasteiger partial charge in [0.25, 0.3) is 0 Å². The molecule has 0 spiro atoms. The van der Waals surface area contributed by atoms with Crippen LogP contribution in [-0.2, 0) is 6.42 Å². The molecule has 3 aromatic rings. The third-order valence-electron chi connectivity index (χ3n) is 7.39. The van der Waals surface area contributed by atoms with E-state index in [-0.39, 0.29) is 5.82 Å². The van der Waals surface area contributed by atoms with E-state index < -0.39 is 0 Å². The summed E-state index contributed by atoms with van der Waals surface area (Å²) in [4.78, 5) is 0. The molecule has 4 rings (SSSR count). The van der Waals surface area contributed by atoms with E-state index in [4.69, 9.17) is 0 Å². The van der Waals surface area contributed by atoms with Crippen molar-refractivity contribution in [2.45, 2.75) is 77.6 Å². The molecule has 0 atom stereocenters. The zero-order valence-electron chi connectivity index (χ0n) is 20.7. The lowest BCUT2D eigenvalue weighted by molar-refractivity contribution is 0.304. The summed E-state index contributed by atoms with van der Waals surface area (Å²) in [6.07, 6.45) is 15.6. The average Bonchev–Trinajstić information content (AvgIpc) is 2.88. The number of allylic oxidation sites excluding steroid dienone is 2. The van der Waals surface area contributed by atoms with Crippen LogP contribution in [0.1, 0.15) is 93.4 Å². The van der Waals surface area contributed by atoms with Crippen LogP contribution in [0, 0.1) is 23.6 Å². The van der Waals surface area contributed by atoms with Crippen LogP contribution in [0.4, 0.5) is 4.39 Å². The third-order valence-corrected chi connectivity index (χ3v) is 7.39. The van der Waals surface area contributed by atoms with Crippen LogP contribution in [0.5, 0.6) is 0 Å². The third kappa shape index (κ3) is 6.18. The maximum absolute atomic E-state index is 15.2. The summed E-state index contributed by atoms with van der Waals surface area (Å²) in [5.41, 5.74) is 4.05. The number of unbranched alkanes of at least 4 members (excludes halogenated alkanes) is 1. The van der Waals surface area contributed by atoms with Crippen molar-refractivity contribution < 1.29 is 4.39 Å². The summed E-state index contributed by atoms with van der Waals surface area (Å²) in [7, 11) is 0. The lowest BCUT2D eigenvalue weighted by atomic mass is 9.77. The van der Waals surface area contributed by atoms with Crippen molar-refractivity contribution in [3.63, 3.8) is 0 Å². The predicted molar refractivity (Wildman–Crippen MR) is 144 cm³/mol. The van der Waals surface area contributed by atoms with Gasteiger partial charge in [-0.15, -0.1) is 0 Å². The zero-order valence-corrected chi connectivity index (χ0v) is 20.7. The largest absolute Gasteiger partial charge is 0.205 e. The van der Waals surface area contributed by atoms with Gasteiger partial charge in [-0.1, -0.05) is 86.6 Å². The van der Waals surface area contributed by atoms with Gasteiger partial charge in [0.05, 0.1) is 5.56 Å². The molecule has 0 radical (unpaired) electrons. The lowest BCUT2D eigenvalue weighted by Gasteiger charge is -2.29. The highest BCUT2D eigenvalue weighted by Crippen LogP contribution is 2.38. The van der Waals surface area contributed by atoms with Crippen LogP contribution in [-0.4, -0.2) is 0 Å². The van der Waals surface area contributed by atoms with Gasteiger partial charge < -0.3 is 0 Å². The molecule has 0 aliphatic heterocycles. The van der Waals surface area contributed by atoms with Crippen LogP contribution >= 0.6 is 0 Å². The Morgan fingerprint density at radius 2 is 1.74 bits per heavy atom. The Bertz CT molecular complexity index is 1160. The Balaban J connectivity index is 1.45. The maximum atomic E-state index is 15.2. The minimum absolute atomic E-state index is 0.206. The lowest BCUT2D eigenvalue weighted by Crippen LogP contribution is -2.13. The van der Waals surface area contributed by atoms with Crippen LogP contribution in [0.15, 0.2) is 66.7 Å². The molecule has 34 heavy (non-hydrogen) atoms. The number of halogens is 1. The van der Waals surface area contributed by atoms with Gasteiger partial charge in [0, 0.05) is 10.9 Å². The Kier molecular flexibility index (Phi) is 8.59. The van der Waals surface area contributed by atoms with Crippen molar-refractivity contribution in [2.24, 2.45) is 5.92 Å². The SMILES string of the molecule is C/C=C/CCc1ccc(C#Cc2ccc3cc(C4CCC(CCCC)CC4)ccc3c2F)cc1. The first-order valence-corrected chi connectivity index (χ1v) is 13.1. The van der Waals surface area contributed by atoms with Crippen LogP contribution in [0.3, 0.4) is 0 Å². The van der Waals surface area contributed by atoms with Crippen LogP contribution < -0.4 is 0 Å². The minimum atomic E-state index is -0.206. The fourth-order valence-corrected chi connectivity index (χ4v) is 5.25. The molecule has 1 fully saturated rings. The van der Waals surface area contributed by atoms with Crippen molar-refractivity contribution in [3.05, 3.63) is 94.8 Å². The highest BCUT2D eigenvalue weighted by molar-refractivity contribution is 5.85. The molecule has 0 bridgehead atoms. The molecule has 0 aromatic heterocycles. The maximum Gasteiger partial charge on any atom is 0.146 e. The van der Waals surface area contributed by atoms with Gasteiger partial charge in [0.15, 0.2) is 0 Å². The average molecular weight is 453 g/mol. The van der Waals surface area contributed by atoms with Crippen LogP contribution in [0.2, 0.25) is 0 Å². The zero-order chi connectivity index (χ0) is 23.8. The summed E-state index contributed by atoms with van der Waals surface area (Å²) >= 11 is 0. The summed E-state index contributed by atoms with van der Waals surface area (Å²) in [5.74, 6) is 7.51. The topological polar surface area (TPSA) is 0 Å². The Hall–Kier alpha value is -2.85. The first-order chi connectivity index (χ1) is 16.7. The van der Waals surface area contributed by atoms with Crippen molar-refractivity contribution in [1.29, 1.82) is 0 Å². The van der Waals surface area contributed by atoms with E-state index >= 15 is 4.39 Å². The summed E-state index contributed by atoms with van der Waals surface area (Å²) in [6, 6.07) is 18.5. The normalized spacial score (nSPS) is 18.2. The predicted octanol–water partition coefficient (Wildman–Crippen LogP) is 9.35. The molecule has 1 aliphatic rings. The first-order valence-electron chi connectivity index (χ1n) is 13.1. The second-order valence-corrected chi connectivity index (χ2v) is 9.82. The summed E-state index contributed by atoms with van der Waals surface area (Å²) in [5, 5.41) is 1.66. The monoisotopic (exact) mass is 452 g/mol. The van der Waals surface area contributed by atoms with Gasteiger partial charge in [0.2, 0.25) is 0 Å². The molecule has 0 nitrogen and oxygen atoms in total. The quantitative estimate of drug-likeness (QED) is 0.247. The Morgan fingerprint density at radius 1 is 0.941 bits per heavy atom. The van der Waals surface area contributed by atoms with E-state index in [9.17, 15) is 0 Å². The fourth-order valence-electron chi connectivity index (χ4n) is 5.25. The molecule has 0 saturated heterocycles. The smallest absolute Gasteiger partial charge is 0.146 e. The summed E-state index contributed by atoms with van der Waals surface area (Å²) in [6.45, 7) is 4.32. The van der Waals surface area contributed by atoms with Gasteiger partial charge >= 0.3 is 0 Å². The number of rotatable bonds is 7. The first kappa shape index (κ1) is 24.3. The number of hydrogen-bond donors (Lipinski definition) is 0. The Labute approximate surface area is 205 Å². The van der Waals surface area contributed by atoms with Gasteiger partial charge in [-0.3, -0.25) is 0 Å². The highest BCUT2D eigenvalue weighted by atomic mass is 19.1. The van der Waals surface area contributed by atoms with Crippen molar-refractivity contribution in [3.8, 4) is 11.8 Å². The Morgan fingerprint density at radius 3 is 2.47 bits per heavy atom. The van der Waals surface area contributed by atoms with E-state index in [1.807, 2.05) is 37.3 Å². The molecule has 0 unspecified atom stereocenters. The van der Waals surface area contributed by atoms with E-state index in [2.05, 4.69) is 55.2 Å². The number of fused-ring (bicyclic) bond motifs is 1.